The Morgan fingerprint density at radius 2 is 2.32 bits per heavy atom. The van der Waals surface area contributed by atoms with E-state index < -0.39 is 11.0 Å². The third-order valence-corrected chi connectivity index (χ3v) is 2.30. The second-order valence-electron chi connectivity index (χ2n) is 3.35. The van der Waals surface area contributed by atoms with Gasteiger partial charge in [-0.25, -0.2) is 9.78 Å². The van der Waals surface area contributed by atoms with Crippen LogP contribution in [0.25, 0.3) is 0 Å². The zero-order valence-electron chi connectivity index (χ0n) is 9.15. The van der Waals surface area contributed by atoms with Gasteiger partial charge in [0.05, 0.1) is 10.6 Å². The van der Waals surface area contributed by atoms with Crippen LogP contribution >= 0.6 is 11.6 Å². The molecule has 0 aliphatic rings. The summed E-state index contributed by atoms with van der Waals surface area (Å²) in [6.07, 6.45) is 2.30. The molecule has 98 valence electrons. The monoisotopic (exact) mass is 283 g/mol. The summed E-state index contributed by atoms with van der Waals surface area (Å²) in [6, 6.07) is 1.42. The van der Waals surface area contributed by atoms with Crippen molar-refractivity contribution in [1.29, 1.82) is 0 Å². The summed E-state index contributed by atoms with van der Waals surface area (Å²) in [6.45, 7) is 0. The number of carbonyl (C=O) groups is 1. The molecule has 2 heterocycles. The number of halogens is 1. The molecule has 19 heavy (non-hydrogen) atoms. The molecule has 0 aliphatic carbocycles. The van der Waals surface area contributed by atoms with Crippen molar-refractivity contribution >= 4 is 34.9 Å². The molecule has 0 spiro atoms. The first kappa shape index (κ1) is 12.8. The fraction of sp³-hybridized carbons (Fsp3) is 0. The van der Waals surface area contributed by atoms with E-state index in [1.807, 2.05) is 0 Å². The number of aromatic nitrogens is 3. The first-order valence-corrected chi connectivity index (χ1v) is 5.20. The van der Waals surface area contributed by atoms with Crippen molar-refractivity contribution in [3.8, 4) is 0 Å². The Kier molecular flexibility index (Phi) is 3.29. The van der Waals surface area contributed by atoms with Crippen LogP contribution in [0.1, 0.15) is 0 Å². The molecule has 2 aromatic heterocycles. The van der Waals surface area contributed by atoms with Crippen molar-refractivity contribution in [2.75, 3.05) is 5.32 Å². The minimum Gasteiger partial charge on any atom is -0.464 e. The van der Waals surface area contributed by atoms with E-state index in [-0.39, 0.29) is 16.8 Å². The maximum absolute atomic E-state index is 10.8. The molecule has 2 N–H and O–H groups in total. The summed E-state index contributed by atoms with van der Waals surface area (Å²) < 4.78 is 0.886. The number of anilines is 2. The fourth-order valence-corrected chi connectivity index (χ4v) is 1.44. The lowest BCUT2D eigenvalue weighted by atomic mass is 10.4. The molecule has 9 nitrogen and oxygen atoms in total. The highest BCUT2D eigenvalue weighted by Crippen LogP contribution is 2.25. The number of carboxylic acid groups (broad SMARTS) is 1. The Bertz CT molecular complexity index is 656. The average Bonchev–Trinajstić information content (AvgIpc) is 2.77. The van der Waals surface area contributed by atoms with E-state index in [0.717, 1.165) is 10.8 Å². The molecule has 0 fully saturated rings. The number of hydrogen-bond donors (Lipinski definition) is 2. The largest absolute Gasteiger partial charge is 0.464 e. The van der Waals surface area contributed by atoms with Gasteiger partial charge in [0.25, 0.3) is 0 Å². The molecule has 10 heteroatoms. The molecule has 0 amide bonds. The lowest BCUT2D eigenvalue weighted by Gasteiger charge is -2.03. The number of nitro groups is 1. The van der Waals surface area contributed by atoms with E-state index in [1.54, 1.807) is 0 Å². The van der Waals surface area contributed by atoms with Crippen molar-refractivity contribution in [3.63, 3.8) is 0 Å². The highest BCUT2D eigenvalue weighted by molar-refractivity contribution is 6.28. The van der Waals surface area contributed by atoms with E-state index in [0.29, 0.717) is 5.69 Å². The Morgan fingerprint density at radius 3 is 2.89 bits per heavy atom. The molecule has 0 unspecified atom stereocenters. The van der Waals surface area contributed by atoms with Crippen molar-refractivity contribution in [2.45, 2.75) is 0 Å². The predicted molar refractivity (Wildman–Crippen MR) is 64.8 cm³/mol. The van der Waals surface area contributed by atoms with Crippen LogP contribution in [0.15, 0.2) is 24.7 Å². The maximum Gasteiger partial charge on any atom is 0.415 e. The molecule has 0 aliphatic heterocycles. The van der Waals surface area contributed by atoms with Crippen LogP contribution in [0, 0.1) is 10.1 Å². The van der Waals surface area contributed by atoms with Gasteiger partial charge < -0.3 is 10.4 Å². The Morgan fingerprint density at radius 1 is 1.58 bits per heavy atom. The normalized spacial score (nSPS) is 10.2. The molecule has 0 saturated carbocycles. The molecular formula is C9H6ClN5O4. The fourth-order valence-electron chi connectivity index (χ4n) is 1.31. The SMILES string of the molecule is O=C(O)n1ccc(Nc2nc(Cl)ncc2[N+](=O)[O-])c1. The Hall–Kier alpha value is -2.68. The van der Waals surface area contributed by atoms with Crippen LogP contribution < -0.4 is 5.32 Å². The predicted octanol–water partition coefficient (Wildman–Crippen LogP) is 2.11. The van der Waals surface area contributed by atoms with Gasteiger partial charge in [-0.3, -0.25) is 14.7 Å². The molecule has 2 rings (SSSR count). The summed E-state index contributed by atoms with van der Waals surface area (Å²) in [4.78, 5) is 28.0. The number of hydrogen-bond acceptors (Lipinski definition) is 6. The van der Waals surface area contributed by atoms with Crippen molar-refractivity contribution in [3.05, 3.63) is 40.1 Å². The average molecular weight is 284 g/mol. The molecule has 2 aromatic rings. The zero-order chi connectivity index (χ0) is 14.0. The molecule has 0 radical (unpaired) electrons. The number of nitrogens with one attached hydrogen (secondary N) is 1. The van der Waals surface area contributed by atoms with Gasteiger partial charge >= 0.3 is 11.8 Å². The van der Waals surface area contributed by atoms with Crippen molar-refractivity contribution < 1.29 is 14.8 Å². The minimum absolute atomic E-state index is 0.117. The van der Waals surface area contributed by atoms with Gasteiger partial charge in [-0.05, 0) is 17.7 Å². The number of nitrogens with zero attached hydrogens (tertiary/aromatic N) is 4. The quantitative estimate of drug-likeness (QED) is 0.502. The van der Waals surface area contributed by atoms with Crippen LogP contribution in [-0.2, 0) is 0 Å². The van der Waals surface area contributed by atoms with Gasteiger partial charge in [-0.15, -0.1) is 0 Å². The van der Waals surface area contributed by atoms with Crippen LogP contribution in [0.4, 0.5) is 22.0 Å². The summed E-state index contributed by atoms with van der Waals surface area (Å²) in [5.41, 5.74) is -0.0484. The topological polar surface area (TPSA) is 123 Å². The lowest BCUT2D eigenvalue weighted by Crippen LogP contribution is -2.04. The molecular weight excluding hydrogens is 278 g/mol. The van der Waals surface area contributed by atoms with Gasteiger partial charge in [-0.2, -0.15) is 4.98 Å². The van der Waals surface area contributed by atoms with Crippen LogP contribution in [0.5, 0.6) is 0 Å². The first-order chi connectivity index (χ1) is 8.97. The maximum atomic E-state index is 10.8. The van der Waals surface area contributed by atoms with Crippen molar-refractivity contribution in [2.24, 2.45) is 0 Å². The van der Waals surface area contributed by atoms with E-state index in [9.17, 15) is 14.9 Å². The molecule has 0 atom stereocenters. The van der Waals surface area contributed by atoms with Gasteiger partial charge in [0.15, 0.2) is 0 Å². The summed E-state index contributed by atoms with van der Waals surface area (Å²) in [5.74, 6) is -0.117. The highest BCUT2D eigenvalue weighted by atomic mass is 35.5. The van der Waals surface area contributed by atoms with Gasteiger partial charge in [0.2, 0.25) is 11.1 Å². The molecule has 0 bridgehead atoms. The molecule has 0 saturated heterocycles. The van der Waals surface area contributed by atoms with Gasteiger partial charge in [-0.1, -0.05) is 0 Å². The third-order valence-electron chi connectivity index (χ3n) is 2.11. The second kappa shape index (κ2) is 4.90. The smallest absolute Gasteiger partial charge is 0.415 e. The zero-order valence-corrected chi connectivity index (χ0v) is 9.90. The Balaban J connectivity index is 2.33. The highest BCUT2D eigenvalue weighted by Gasteiger charge is 2.17. The van der Waals surface area contributed by atoms with E-state index in [4.69, 9.17) is 16.7 Å². The Labute approximate surface area is 110 Å². The summed E-state index contributed by atoms with van der Waals surface area (Å²) in [7, 11) is 0. The summed E-state index contributed by atoms with van der Waals surface area (Å²) in [5, 5.41) is 22.0. The second-order valence-corrected chi connectivity index (χ2v) is 3.68. The van der Waals surface area contributed by atoms with E-state index in [2.05, 4.69) is 15.3 Å². The first-order valence-electron chi connectivity index (χ1n) is 4.82. The minimum atomic E-state index is -1.18. The number of rotatable bonds is 3. The van der Waals surface area contributed by atoms with Crippen molar-refractivity contribution in [1.82, 2.24) is 14.5 Å². The third kappa shape index (κ3) is 2.77. The summed E-state index contributed by atoms with van der Waals surface area (Å²) >= 11 is 5.56. The van der Waals surface area contributed by atoms with E-state index >= 15 is 0 Å². The lowest BCUT2D eigenvalue weighted by molar-refractivity contribution is -0.384. The van der Waals surface area contributed by atoms with Crippen LogP contribution in [-0.4, -0.2) is 30.7 Å². The van der Waals surface area contributed by atoms with Crippen LogP contribution in [0.3, 0.4) is 0 Å². The van der Waals surface area contributed by atoms with Gasteiger partial charge in [0, 0.05) is 12.4 Å². The molecule has 0 aromatic carbocycles. The standard InChI is InChI=1S/C9H6ClN5O4/c10-8-11-3-6(15(18)19)7(13-8)12-5-1-2-14(4-5)9(16)17/h1-4H,(H,16,17)(H,11,12,13). The van der Waals surface area contributed by atoms with E-state index in [1.165, 1.54) is 18.5 Å². The van der Waals surface area contributed by atoms with Crippen LogP contribution in [0.2, 0.25) is 5.28 Å². The van der Waals surface area contributed by atoms with Gasteiger partial charge in [0.1, 0.15) is 6.20 Å².